The van der Waals surface area contributed by atoms with Crippen molar-refractivity contribution in [2.75, 3.05) is 0 Å². The molecule has 0 aliphatic heterocycles. The van der Waals surface area contributed by atoms with Crippen LogP contribution in [0.1, 0.15) is 0 Å². The summed E-state index contributed by atoms with van der Waals surface area (Å²) in [7, 11) is 0. The highest BCUT2D eigenvalue weighted by atomic mass is 35.5. The first-order valence-electron chi connectivity index (χ1n) is 0.560. The number of hydrogen-bond acceptors (Lipinski definition) is 1. The summed E-state index contributed by atoms with van der Waals surface area (Å²) in [6.07, 6.45) is 0. The molecular formula is HClNOS+. The maximum atomic E-state index is 8.97. The lowest BCUT2D eigenvalue weighted by Crippen LogP contribution is -1.79. The van der Waals surface area contributed by atoms with E-state index in [9.17, 15) is 0 Å². The van der Waals surface area contributed by atoms with Gasteiger partial charge in [-0.1, -0.05) is 0 Å². The molecular weight excluding hydrogens is 97.5 g/mol. The molecule has 0 amide bonds. The summed E-state index contributed by atoms with van der Waals surface area (Å²) >= 11 is 4.71. The van der Waals surface area contributed by atoms with Crippen LogP contribution in [0.5, 0.6) is 0 Å². The molecule has 0 heterocycles. The van der Waals surface area contributed by atoms with Crippen LogP contribution in [0.4, 0.5) is 0 Å². The van der Waals surface area contributed by atoms with Gasteiger partial charge in [-0.15, -0.1) is 0 Å². The molecule has 0 fully saturated rings. The minimum atomic E-state index is 0.122. The van der Waals surface area contributed by atoms with Crippen LogP contribution in [0.25, 0.3) is 0 Å². The van der Waals surface area contributed by atoms with Gasteiger partial charge in [-0.3, -0.25) is 0 Å². The first kappa shape index (κ1) is 4.27. The number of hydrogen-bond donors (Lipinski definition) is 1. The highest BCUT2D eigenvalue weighted by Gasteiger charge is 1.78. The molecule has 0 aromatic heterocycles. The van der Waals surface area contributed by atoms with Crippen LogP contribution in [-0.2, 0) is 16.1 Å². The second-order valence-corrected chi connectivity index (χ2v) is 0.944. The molecule has 0 aromatic carbocycles. The molecule has 0 saturated carbocycles. The Balaban J connectivity index is 2.30. The second-order valence-electron chi connectivity index (χ2n) is 0.160. The van der Waals surface area contributed by atoms with Crippen molar-refractivity contribution in [3.63, 3.8) is 0 Å². The van der Waals surface area contributed by atoms with Gasteiger partial charge in [0.1, 0.15) is 0 Å². The van der Waals surface area contributed by atoms with E-state index < -0.39 is 0 Å². The van der Waals surface area contributed by atoms with Gasteiger partial charge in [0.05, 0.1) is 8.45 Å². The van der Waals surface area contributed by atoms with Crippen molar-refractivity contribution < 1.29 is 4.21 Å². The Morgan fingerprint density at radius 3 is 2.25 bits per heavy atom. The van der Waals surface area contributed by atoms with Crippen molar-refractivity contribution in [3.8, 4) is 0 Å². The minimum absolute atomic E-state index is 0.122. The van der Waals surface area contributed by atoms with Gasteiger partial charge in [0.25, 0.3) is 0 Å². The molecule has 0 rings (SSSR count). The molecule has 0 radical (unpaired) electrons. The van der Waals surface area contributed by atoms with Gasteiger partial charge in [-0.2, -0.15) is 0 Å². The predicted octanol–water partition coefficient (Wildman–Crippen LogP) is 0.0729. The molecule has 0 unspecified atom stereocenters. The number of rotatable bonds is 1. The molecule has 2 nitrogen and oxygen atoms in total. The van der Waals surface area contributed by atoms with Gasteiger partial charge in [0.2, 0.25) is 0 Å². The minimum Gasteiger partial charge on any atom is 0.0404 e. The van der Waals surface area contributed by atoms with Crippen molar-refractivity contribution in [2.24, 2.45) is 0 Å². The SMILES string of the molecule is O=[S+]NCl. The Labute approximate surface area is 32.9 Å². The van der Waals surface area contributed by atoms with E-state index in [-0.39, 0.29) is 11.9 Å². The fraction of sp³-hybridized carbons (Fsp3) is 0. The Hall–Kier alpha value is 0.270. The van der Waals surface area contributed by atoms with Gasteiger partial charge in [-0.25, -0.2) is 0 Å². The molecule has 0 aromatic rings. The summed E-state index contributed by atoms with van der Waals surface area (Å²) in [5.74, 6) is 0. The molecule has 4 heteroatoms. The lowest BCUT2D eigenvalue weighted by molar-refractivity contribution is 0.604. The standard InChI is InChI=1S/ClHNOS/c1-2-4-3/h(H,2,3)/q+1. The molecule has 0 spiro atoms. The lowest BCUT2D eigenvalue weighted by atomic mass is 13.9. The molecule has 0 saturated heterocycles. The average Bonchev–Trinajstić information content (AvgIpc) is 1.37. The second kappa shape index (κ2) is 3.27. The molecule has 0 atom stereocenters. The van der Waals surface area contributed by atoms with E-state index in [0.29, 0.717) is 0 Å². The summed E-state index contributed by atoms with van der Waals surface area (Å²) in [5.41, 5.74) is 0. The van der Waals surface area contributed by atoms with Crippen LogP contribution in [0, 0.1) is 0 Å². The third-order valence-corrected chi connectivity index (χ3v) is 0.283. The van der Waals surface area contributed by atoms with Gasteiger partial charge in [-0.05, 0) is 0 Å². The van der Waals surface area contributed by atoms with Crippen LogP contribution >= 0.6 is 11.8 Å². The zero-order chi connectivity index (χ0) is 3.41. The normalized spacial score (nSPS) is 6.25. The van der Waals surface area contributed by atoms with E-state index in [2.05, 4.69) is 11.8 Å². The van der Waals surface area contributed by atoms with Gasteiger partial charge >= 0.3 is 11.9 Å². The maximum Gasteiger partial charge on any atom is 0.604 e. The Kier molecular flexibility index (Phi) is 3.49. The first-order valence-corrected chi connectivity index (χ1v) is 1.68. The van der Waals surface area contributed by atoms with Crippen LogP contribution in [0.3, 0.4) is 0 Å². The zero-order valence-corrected chi connectivity index (χ0v) is 3.27. The monoisotopic (exact) mass is 97.9 g/mol. The van der Waals surface area contributed by atoms with Crippen molar-refractivity contribution in [1.82, 2.24) is 4.24 Å². The highest BCUT2D eigenvalue weighted by Crippen LogP contribution is 1.46. The van der Waals surface area contributed by atoms with Crippen molar-refractivity contribution >= 4 is 23.6 Å². The quantitative estimate of drug-likeness (QED) is 0.281. The summed E-state index contributed by atoms with van der Waals surface area (Å²) in [6.45, 7) is 0. The molecule has 0 aliphatic carbocycles. The number of nitrogens with one attached hydrogen (secondary N) is 1. The topological polar surface area (TPSA) is 29.1 Å². The Bertz CT molecular complexity index is 22.0. The molecule has 0 aliphatic rings. The van der Waals surface area contributed by atoms with Crippen LogP contribution in [-0.4, -0.2) is 0 Å². The summed E-state index contributed by atoms with van der Waals surface area (Å²) in [4.78, 5) is 0. The van der Waals surface area contributed by atoms with Crippen LogP contribution in [0.2, 0.25) is 0 Å². The van der Waals surface area contributed by atoms with Crippen molar-refractivity contribution in [1.29, 1.82) is 0 Å². The average molecular weight is 98.5 g/mol. The maximum absolute atomic E-state index is 8.97. The highest BCUT2D eigenvalue weighted by molar-refractivity contribution is 7.64. The largest absolute Gasteiger partial charge is 0.604 e. The molecule has 4 heavy (non-hydrogen) atoms. The van der Waals surface area contributed by atoms with E-state index in [1.54, 1.807) is 4.24 Å². The fourth-order valence-corrected chi connectivity index (χ4v) is 0. The molecule has 0 bridgehead atoms. The van der Waals surface area contributed by atoms with E-state index in [1.165, 1.54) is 0 Å². The lowest BCUT2D eigenvalue weighted by Gasteiger charge is -1.31. The van der Waals surface area contributed by atoms with E-state index in [0.717, 1.165) is 0 Å². The van der Waals surface area contributed by atoms with E-state index >= 15 is 0 Å². The smallest absolute Gasteiger partial charge is 0.0404 e. The van der Waals surface area contributed by atoms with Crippen molar-refractivity contribution in [2.45, 2.75) is 0 Å². The molecule has 24 valence electrons. The molecule has 1 N–H and O–H groups in total. The van der Waals surface area contributed by atoms with Gasteiger partial charge in [0.15, 0.2) is 0 Å². The van der Waals surface area contributed by atoms with Gasteiger partial charge < -0.3 is 0 Å². The van der Waals surface area contributed by atoms with Crippen LogP contribution < -0.4 is 4.24 Å². The van der Waals surface area contributed by atoms with Gasteiger partial charge in [0, 0.05) is 11.8 Å². The van der Waals surface area contributed by atoms with Crippen LogP contribution in [0.15, 0.2) is 0 Å². The number of halogens is 1. The summed E-state index contributed by atoms with van der Waals surface area (Å²) < 4.78 is 10.7. The third kappa shape index (κ3) is 2.27. The summed E-state index contributed by atoms with van der Waals surface area (Å²) in [5, 5.41) is 0. The third-order valence-electron chi connectivity index (χ3n) is 0.0315. The first-order chi connectivity index (χ1) is 1.91. The summed E-state index contributed by atoms with van der Waals surface area (Å²) in [6, 6.07) is 0. The fourth-order valence-electron chi connectivity index (χ4n) is 0. The Morgan fingerprint density at radius 2 is 2.25 bits per heavy atom. The van der Waals surface area contributed by atoms with E-state index in [4.69, 9.17) is 4.21 Å². The Morgan fingerprint density at radius 1 is 2.00 bits per heavy atom. The van der Waals surface area contributed by atoms with Crippen molar-refractivity contribution in [3.05, 3.63) is 0 Å². The van der Waals surface area contributed by atoms with E-state index in [1.807, 2.05) is 0 Å². The zero-order valence-electron chi connectivity index (χ0n) is 1.69. The predicted molar refractivity (Wildman–Crippen MR) is 17.0 cm³/mol.